The van der Waals surface area contributed by atoms with Gasteiger partial charge in [0.25, 0.3) is 10.0 Å². The van der Waals surface area contributed by atoms with Gasteiger partial charge in [-0.1, -0.05) is 30.3 Å². The van der Waals surface area contributed by atoms with Crippen molar-refractivity contribution in [2.45, 2.75) is 4.90 Å². The molecule has 0 atom stereocenters. The molecule has 4 rings (SSSR count). The molecule has 3 aromatic carbocycles. The Kier molecular flexibility index (Phi) is 3.66. The zero-order valence-corrected chi connectivity index (χ0v) is 14.2. The summed E-state index contributed by atoms with van der Waals surface area (Å²) in [5.74, 6) is -0.535. The van der Waals surface area contributed by atoms with Crippen molar-refractivity contribution >= 4 is 37.5 Å². The molecule has 0 unspecified atom stereocenters. The van der Waals surface area contributed by atoms with Gasteiger partial charge in [-0.2, -0.15) is 0 Å². The van der Waals surface area contributed by atoms with Gasteiger partial charge in [0.15, 0.2) is 5.75 Å². The molecule has 6 nitrogen and oxygen atoms in total. The van der Waals surface area contributed by atoms with Crippen molar-refractivity contribution in [3.05, 3.63) is 77.2 Å². The molecule has 26 heavy (non-hydrogen) atoms. The lowest BCUT2D eigenvalue weighted by Gasteiger charge is -2.09. The van der Waals surface area contributed by atoms with Crippen LogP contribution < -0.4 is 10.2 Å². The van der Waals surface area contributed by atoms with E-state index in [4.69, 9.17) is 4.42 Å². The predicted molar refractivity (Wildman–Crippen MR) is 98.9 cm³/mol. The van der Waals surface area contributed by atoms with Gasteiger partial charge in [0, 0.05) is 5.69 Å². The van der Waals surface area contributed by atoms with Crippen molar-refractivity contribution in [2.24, 2.45) is 0 Å². The number of rotatable bonds is 3. The molecule has 2 N–H and O–H groups in total. The van der Waals surface area contributed by atoms with E-state index in [0.29, 0.717) is 0 Å². The van der Waals surface area contributed by atoms with Crippen LogP contribution in [0.1, 0.15) is 0 Å². The minimum absolute atomic E-state index is 0.0868. The zero-order chi connectivity index (χ0) is 18.3. The van der Waals surface area contributed by atoms with E-state index in [-0.39, 0.29) is 21.6 Å². The topological polar surface area (TPSA) is 96.6 Å². The summed E-state index contributed by atoms with van der Waals surface area (Å²) in [7, 11) is -3.84. The van der Waals surface area contributed by atoms with Gasteiger partial charge in [0.1, 0.15) is 11.8 Å². The summed E-state index contributed by atoms with van der Waals surface area (Å²) in [5, 5.41) is 11.3. The lowest BCUT2D eigenvalue weighted by atomic mass is 10.1. The second-order valence-corrected chi connectivity index (χ2v) is 7.46. The quantitative estimate of drug-likeness (QED) is 0.578. The Hall–Kier alpha value is -3.32. The van der Waals surface area contributed by atoms with Crippen molar-refractivity contribution < 1.29 is 17.9 Å². The molecule has 0 bridgehead atoms. The normalized spacial score (nSPS) is 11.7. The maximum atomic E-state index is 12.7. The lowest BCUT2D eigenvalue weighted by molar-refractivity contribution is 0.442. The minimum Gasteiger partial charge on any atom is -0.502 e. The van der Waals surface area contributed by atoms with Gasteiger partial charge < -0.3 is 9.52 Å². The molecule has 0 saturated heterocycles. The molecular formula is C19H13NO5S. The van der Waals surface area contributed by atoms with Crippen LogP contribution in [0.3, 0.4) is 0 Å². The molecule has 0 aliphatic rings. The van der Waals surface area contributed by atoms with Crippen LogP contribution in [-0.4, -0.2) is 13.5 Å². The Bertz CT molecular complexity index is 1310. The second kappa shape index (κ2) is 5.89. The Morgan fingerprint density at radius 1 is 0.923 bits per heavy atom. The van der Waals surface area contributed by atoms with E-state index in [1.807, 2.05) is 24.3 Å². The zero-order valence-electron chi connectivity index (χ0n) is 13.3. The highest BCUT2D eigenvalue weighted by atomic mass is 32.2. The van der Waals surface area contributed by atoms with Crippen LogP contribution in [0.15, 0.2) is 81.0 Å². The van der Waals surface area contributed by atoms with E-state index < -0.39 is 21.2 Å². The average molecular weight is 367 g/mol. The third-order valence-electron chi connectivity index (χ3n) is 4.04. The standard InChI is InChI=1S/C19H13NO5S/c21-17-11-25-18-8-6-14(10-16(18)19(17)22)20-26(23,24)15-7-5-12-3-1-2-4-13(12)9-15/h1-11,20-21H. The molecule has 0 radical (unpaired) electrons. The van der Waals surface area contributed by atoms with Crippen LogP contribution in [0.25, 0.3) is 21.7 Å². The molecular weight excluding hydrogens is 354 g/mol. The highest BCUT2D eigenvalue weighted by molar-refractivity contribution is 7.92. The Morgan fingerprint density at radius 3 is 2.50 bits per heavy atom. The fraction of sp³-hybridized carbons (Fsp3) is 0. The summed E-state index contributed by atoms with van der Waals surface area (Å²) >= 11 is 0. The van der Waals surface area contributed by atoms with Crippen molar-refractivity contribution in [1.82, 2.24) is 0 Å². The Balaban J connectivity index is 1.76. The van der Waals surface area contributed by atoms with Gasteiger partial charge in [0.05, 0.1) is 10.3 Å². The van der Waals surface area contributed by atoms with Crippen molar-refractivity contribution in [3.63, 3.8) is 0 Å². The Morgan fingerprint density at radius 2 is 1.69 bits per heavy atom. The van der Waals surface area contributed by atoms with Crippen LogP contribution in [0.2, 0.25) is 0 Å². The first-order valence-electron chi connectivity index (χ1n) is 7.70. The molecule has 1 heterocycles. The van der Waals surface area contributed by atoms with Crippen LogP contribution in [0.4, 0.5) is 5.69 Å². The Labute approximate surface area is 148 Å². The smallest absolute Gasteiger partial charge is 0.261 e. The first kappa shape index (κ1) is 16.2. The number of anilines is 1. The number of aromatic hydroxyl groups is 1. The average Bonchev–Trinajstić information content (AvgIpc) is 2.64. The van der Waals surface area contributed by atoms with Crippen LogP contribution >= 0.6 is 0 Å². The number of fused-ring (bicyclic) bond motifs is 2. The number of benzene rings is 3. The monoisotopic (exact) mass is 367 g/mol. The van der Waals surface area contributed by atoms with Crippen molar-refractivity contribution in [1.29, 1.82) is 0 Å². The van der Waals surface area contributed by atoms with Gasteiger partial charge in [-0.3, -0.25) is 9.52 Å². The summed E-state index contributed by atoms with van der Waals surface area (Å²) in [6.07, 6.45) is 0.948. The van der Waals surface area contributed by atoms with E-state index in [2.05, 4.69) is 4.72 Å². The van der Waals surface area contributed by atoms with Crippen LogP contribution in [-0.2, 0) is 10.0 Å². The minimum atomic E-state index is -3.84. The maximum Gasteiger partial charge on any atom is 0.261 e. The SMILES string of the molecule is O=c1c(O)coc2ccc(NS(=O)(=O)c3ccc4ccccc4c3)cc12. The molecule has 0 spiro atoms. The summed E-state index contributed by atoms with van der Waals surface area (Å²) in [6, 6.07) is 16.6. The van der Waals surface area contributed by atoms with Gasteiger partial charge in [-0.05, 0) is 41.1 Å². The third kappa shape index (κ3) is 2.78. The number of hydrogen-bond donors (Lipinski definition) is 2. The van der Waals surface area contributed by atoms with Gasteiger partial charge >= 0.3 is 0 Å². The largest absolute Gasteiger partial charge is 0.502 e. The molecule has 0 fully saturated rings. The summed E-state index contributed by atoms with van der Waals surface area (Å²) in [6.45, 7) is 0. The lowest BCUT2D eigenvalue weighted by Crippen LogP contribution is -2.13. The van der Waals surface area contributed by atoms with E-state index in [9.17, 15) is 18.3 Å². The summed E-state index contributed by atoms with van der Waals surface area (Å²) in [5.41, 5.74) is -0.178. The highest BCUT2D eigenvalue weighted by Crippen LogP contribution is 2.23. The van der Waals surface area contributed by atoms with Crippen molar-refractivity contribution in [2.75, 3.05) is 4.72 Å². The number of nitrogens with one attached hydrogen (secondary N) is 1. The molecule has 130 valence electrons. The van der Waals surface area contributed by atoms with Crippen LogP contribution in [0.5, 0.6) is 5.75 Å². The summed E-state index contributed by atoms with van der Waals surface area (Å²) in [4.78, 5) is 12.1. The first-order valence-corrected chi connectivity index (χ1v) is 9.18. The van der Waals surface area contributed by atoms with E-state index in [1.54, 1.807) is 12.1 Å². The third-order valence-corrected chi connectivity index (χ3v) is 5.42. The molecule has 7 heteroatoms. The fourth-order valence-corrected chi connectivity index (χ4v) is 3.82. The molecule has 0 aliphatic heterocycles. The molecule has 0 saturated carbocycles. The summed E-state index contributed by atoms with van der Waals surface area (Å²) < 4.78 is 32.9. The van der Waals surface area contributed by atoms with Gasteiger partial charge in [0.2, 0.25) is 5.43 Å². The van der Waals surface area contributed by atoms with Crippen molar-refractivity contribution in [3.8, 4) is 5.75 Å². The van der Waals surface area contributed by atoms with E-state index in [0.717, 1.165) is 17.0 Å². The highest BCUT2D eigenvalue weighted by Gasteiger charge is 2.16. The maximum absolute atomic E-state index is 12.7. The molecule has 1 aromatic heterocycles. The van der Waals surface area contributed by atoms with E-state index in [1.165, 1.54) is 24.3 Å². The van der Waals surface area contributed by atoms with Gasteiger partial charge in [-0.15, -0.1) is 0 Å². The molecule has 0 aliphatic carbocycles. The second-order valence-electron chi connectivity index (χ2n) is 5.78. The molecule has 4 aromatic rings. The van der Waals surface area contributed by atoms with E-state index >= 15 is 0 Å². The van der Waals surface area contributed by atoms with Crippen LogP contribution in [0, 0.1) is 0 Å². The number of hydrogen-bond acceptors (Lipinski definition) is 5. The molecule has 0 amide bonds. The number of sulfonamides is 1. The first-order chi connectivity index (χ1) is 12.4. The van der Waals surface area contributed by atoms with Gasteiger partial charge in [-0.25, -0.2) is 8.42 Å². The fourth-order valence-electron chi connectivity index (χ4n) is 2.73. The predicted octanol–water partition coefficient (Wildman–Crippen LogP) is 3.45.